The van der Waals surface area contributed by atoms with Crippen LogP contribution in [-0.4, -0.2) is 26.6 Å². The van der Waals surface area contributed by atoms with Gasteiger partial charge in [0.1, 0.15) is 10.6 Å². The molecule has 0 saturated heterocycles. The highest BCUT2D eigenvalue weighted by atomic mass is 35.5. The molecule has 0 unspecified atom stereocenters. The summed E-state index contributed by atoms with van der Waals surface area (Å²) in [6.45, 7) is 0.100. The maximum absolute atomic E-state index is 12.0. The van der Waals surface area contributed by atoms with E-state index in [1.807, 2.05) is 6.07 Å². The van der Waals surface area contributed by atoms with Crippen LogP contribution in [0, 0.1) is 11.3 Å². The minimum absolute atomic E-state index is 0.00248. The summed E-state index contributed by atoms with van der Waals surface area (Å²) in [4.78, 5) is 11.2. The molecule has 3 N–H and O–H groups in total. The Morgan fingerprint density at radius 3 is 2.74 bits per heavy atom. The molecule has 0 fully saturated rings. The summed E-state index contributed by atoms with van der Waals surface area (Å²) in [5.74, 6) is -1.46. The number of hydrogen-bond donors (Lipinski definition) is 2. The third kappa shape index (κ3) is 4.12. The normalized spacial score (nSPS) is 10.7. The Morgan fingerprint density at radius 2 is 2.16 bits per heavy atom. The van der Waals surface area contributed by atoms with E-state index in [2.05, 4.69) is 5.32 Å². The van der Waals surface area contributed by atoms with Crippen LogP contribution in [0.5, 0.6) is 0 Å². The highest BCUT2D eigenvalue weighted by Gasteiger charge is 2.24. The van der Waals surface area contributed by atoms with Gasteiger partial charge in [-0.3, -0.25) is 4.79 Å². The van der Waals surface area contributed by atoms with Crippen LogP contribution in [0.1, 0.15) is 6.42 Å². The number of nitrogens with one attached hydrogen (secondary N) is 1. The van der Waals surface area contributed by atoms with Crippen LogP contribution < -0.4 is 11.1 Å². The molecule has 0 bridgehead atoms. The first-order valence-electron chi connectivity index (χ1n) is 5.29. The predicted molar refractivity (Wildman–Crippen MR) is 71.2 cm³/mol. The number of sulfone groups is 1. The van der Waals surface area contributed by atoms with Gasteiger partial charge in [-0.05, 0) is 12.1 Å². The number of nitrogens with zero attached hydrogens (tertiary/aromatic N) is 1. The zero-order chi connectivity index (χ0) is 14.5. The summed E-state index contributed by atoms with van der Waals surface area (Å²) in [5, 5.41) is 10.6. The van der Waals surface area contributed by atoms with E-state index in [-0.39, 0.29) is 28.6 Å². The van der Waals surface area contributed by atoms with Crippen molar-refractivity contribution < 1.29 is 13.2 Å². The third-order valence-corrected chi connectivity index (χ3v) is 4.34. The molecule has 0 aliphatic heterocycles. The number of rotatable bonds is 5. The van der Waals surface area contributed by atoms with Gasteiger partial charge in [0, 0.05) is 6.54 Å². The van der Waals surface area contributed by atoms with Gasteiger partial charge in [0.2, 0.25) is 5.91 Å². The van der Waals surface area contributed by atoms with Gasteiger partial charge in [-0.25, -0.2) is 8.42 Å². The standard InChI is InChI=1S/C11H12ClN3O3S/c12-8-3-1-4-9(14)11(8)19(17,18)7-10(16)15-6-2-5-13/h1,3-4H,2,6-7,14H2,(H,15,16). The molecular formula is C11H12ClN3O3S. The van der Waals surface area contributed by atoms with Crippen LogP contribution >= 0.6 is 11.6 Å². The van der Waals surface area contributed by atoms with Crippen LogP contribution in [0.4, 0.5) is 5.69 Å². The lowest BCUT2D eigenvalue weighted by Gasteiger charge is -2.09. The number of hydrogen-bond acceptors (Lipinski definition) is 5. The smallest absolute Gasteiger partial charge is 0.235 e. The number of nitrogens with two attached hydrogens (primary N) is 1. The predicted octanol–water partition coefficient (Wildman–Crippen LogP) is 0.726. The lowest BCUT2D eigenvalue weighted by atomic mass is 10.3. The van der Waals surface area contributed by atoms with Gasteiger partial charge in [-0.2, -0.15) is 5.26 Å². The summed E-state index contributed by atoms with van der Waals surface area (Å²) in [5.41, 5.74) is 5.56. The summed E-state index contributed by atoms with van der Waals surface area (Å²) < 4.78 is 24.1. The zero-order valence-electron chi connectivity index (χ0n) is 9.89. The van der Waals surface area contributed by atoms with Gasteiger partial charge in [-0.15, -0.1) is 0 Å². The molecule has 1 aromatic carbocycles. The van der Waals surface area contributed by atoms with Crippen molar-refractivity contribution in [3.8, 4) is 6.07 Å². The second-order valence-electron chi connectivity index (χ2n) is 3.68. The highest BCUT2D eigenvalue weighted by Crippen LogP contribution is 2.27. The van der Waals surface area contributed by atoms with Crippen LogP contribution in [0.3, 0.4) is 0 Å². The molecule has 6 nitrogen and oxygen atoms in total. The van der Waals surface area contributed by atoms with Crippen LogP contribution in [0.25, 0.3) is 0 Å². The maximum Gasteiger partial charge on any atom is 0.235 e. The van der Waals surface area contributed by atoms with Crippen molar-refractivity contribution in [2.45, 2.75) is 11.3 Å². The summed E-state index contributed by atoms with van der Waals surface area (Å²) in [6, 6.07) is 6.13. The number of halogens is 1. The fourth-order valence-electron chi connectivity index (χ4n) is 1.41. The van der Waals surface area contributed by atoms with Gasteiger partial charge in [0.25, 0.3) is 0 Å². The second kappa shape index (κ2) is 6.41. The van der Waals surface area contributed by atoms with Gasteiger partial charge in [0.05, 0.1) is 23.2 Å². The molecule has 1 aromatic rings. The number of carbonyl (C=O) groups is 1. The largest absolute Gasteiger partial charge is 0.398 e. The summed E-state index contributed by atoms with van der Waals surface area (Å²) in [6.07, 6.45) is 0.111. The summed E-state index contributed by atoms with van der Waals surface area (Å²) >= 11 is 5.79. The molecule has 1 rings (SSSR count). The van der Waals surface area contributed by atoms with Crippen LogP contribution in [0.2, 0.25) is 5.02 Å². The lowest BCUT2D eigenvalue weighted by Crippen LogP contribution is -2.31. The fourth-order valence-corrected chi connectivity index (χ4v) is 3.33. The minimum Gasteiger partial charge on any atom is -0.398 e. The van der Waals surface area contributed by atoms with Crippen LogP contribution in [-0.2, 0) is 14.6 Å². The first-order valence-corrected chi connectivity index (χ1v) is 7.32. The summed E-state index contributed by atoms with van der Waals surface area (Å²) in [7, 11) is -3.91. The van der Waals surface area contributed by atoms with Crippen molar-refractivity contribution in [1.82, 2.24) is 5.32 Å². The van der Waals surface area contributed by atoms with E-state index in [1.165, 1.54) is 18.2 Å². The molecule has 19 heavy (non-hydrogen) atoms. The number of benzene rings is 1. The molecular weight excluding hydrogens is 290 g/mol. The molecule has 0 atom stereocenters. The maximum atomic E-state index is 12.0. The molecule has 0 heterocycles. The first-order chi connectivity index (χ1) is 8.88. The quantitative estimate of drug-likeness (QED) is 0.614. The van der Waals surface area contributed by atoms with E-state index < -0.39 is 21.5 Å². The van der Waals surface area contributed by atoms with Crippen molar-refractivity contribution >= 4 is 33.0 Å². The third-order valence-electron chi connectivity index (χ3n) is 2.19. The lowest BCUT2D eigenvalue weighted by molar-refractivity contribution is -0.118. The Balaban J connectivity index is 2.88. The van der Waals surface area contributed by atoms with E-state index in [9.17, 15) is 13.2 Å². The van der Waals surface area contributed by atoms with Crippen molar-refractivity contribution in [2.24, 2.45) is 0 Å². The molecule has 0 aliphatic carbocycles. The molecule has 0 spiro atoms. The minimum atomic E-state index is -3.91. The zero-order valence-corrected chi connectivity index (χ0v) is 11.5. The Morgan fingerprint density at radius 1 is 1.47 bits per heavy atom. The van der Waals surface area contributed by atoms with E-state index in [4.69, 9.17) is 22.6 Å². The van der Waals surface area contributed by atoms with E-state index >= 15 is 0 Å². The molecule has 0 radical (unpaired) electrons. The number of nitrogen functional groups attached to an aromatic ring is 1. The van der Waals surface area contributed by atoms with Crippen LogP contribution in [0.15, 0.2) is 23.1 Å². The first kappa shape index (κ1) is 15.3. The van der Waals surface area contributed by atoms with Gasteiger partial charge < -0.3 is 11.1 Å². The SMILES string of the molecule is N#CCCNC(=O)CS(=O)(=O)c1c(N)cccc1Cl. The average molecular weight is 302 g/mol. The Labute approximate surface area is 116 Å². The Hall–Kier alpha value is -1.78. The Bertz CT molecular complexity index is 602. The fraction of sp³-hybridized carbons (Fsp3) is 0.273. The van der Waals surface area contributed by atoms with Crippen molar-refractivity contribution in [3.63, 3.8) is 0 Å². The molecule has 8 heteroatoms. The molecule has 0 aliphatic rings. The number of nitriles is 1. The molecule has 0 aromatic heterocycles. The van der Waals surface area contributed by atoms with E-state index in [0.717, 1.165) is 0 Å². The van der Waals surface area contributed by atoms with Crippen molar-refractivity contribution in [1.29, 1.82) is 5.26 Å². The van der Waals surface area contributed by atoms with Crippen molar-refractivity contribution in [3.05, 3.63) is 23.2 Å². The molecule has 102 valence electrons. The average Bonchev–Trinajstić information content (AvgIpc) is 2.27. The van der Waals surface area contributed by atoms with Gasteiger partial charge in [-0.1, -0.05) is 17.7 Å². The number of carbonyl (C=O) groups excluding carboxylic acids is 1. The second-order valence-corrected chi connectivity index (χ2v) is 6.01. The number of anilines is 1. The van der Waals surface area contributed by atoms with Gasteiger partial charge >= 0.3 is 0 Å². The van der Waals surface area contributed by atoms with Crippen molar-refractivity contribution in [2.75, 3.05) is 18.0 Å². The van der Waals surface area contributed by atoms with Gasteiger partial charge in [0.15, 0.2) is 9.84 Å². The van der Waals surface area contributed by atoms with E-state index in [1.54, 1.807) is 0 Å². The molecule has 1 amide bonds. The highest BCUT2D eigenvalue weighted by molar-refractivity contribution is 7.92. The monoisotopic (exact) mass is 301 g/mol. The van der Waals surface area contributed by atoms with E-state index in [0.29, 0.717) is 0 Å². The Kier molecular flexibility index (Phi) is 5.15. The molecule has 0 saturated carbocycles. The number of amides is 1. The topological polar surface area (TPSA) is 113 Å².